The van der Waals surface area contributed by atoms with Crippen molar-refractivity contribution < 1.29 is 24.1 Å². The van der Waals surface area contributed by atoms with Crippen molar-refractivity contribution in [1.82, 2.24) is 0 Å². The smallest absolute Gasteiger partial charge is 0.306 e. The molecular weight excluding hydrogens is 346 g/mol. The van der Waals surface area contributed by atoms with Crippen molar-refractivity contribution in [1.29, 1.82) is 5.26 Å². The number of hydrogen-bond donors (Lipinski definition) is 1. The quantitative estimate of drug-likeness (QED) is 0.878. The minimum Gasteiger partial charge on any atom is -0.493 e. The summed E-state index contributed by atoms with van der Waals surface area (Å²) in [5, 5.41) is 19.4. The molecule has 2 fully saturated rings. The van der Waals surface area contributed by atoms with E-state index in [-0.39, 0.29) is 11.5 Å². The fourth-order valence-electron chi connectivity index (χ4n) is 4.90. The van der Waals surface area contributed by atoms with E-state index in [0.29, 0.717) is 44.6 Å². The van der Waals surface area contributed by atoms with Crippen LogP contribution >= 0.6 is 0 Å². The lowest BCUT2D eigenvalue weighted by Gasteiger charge is -2.35. The number of benzene rings is 1. The van der Waals surface area contributed by atoms with E-state index in [9.17, 15) is 15.2 Å². The average molecular weight is 371 g/mol. The van der Waals surface area contributed by atoms with E-state index >= 15 is 0 Å². The molecule has 0 unspecified atom stereocenters. The monoisotopic (exact) mass is 371 g/mol. The number of carboxylic acids is 1. The molecule has 0 amide bonds. The number of fused-ring (bicyclic) bond motifs is 1. The first-order valence-corrected chi connectivity index (χ1v) is 9.64. The van der Waals surface area contributed by atoms with Crippen LogP contribution in [0.15, 0.2) is 12.1 Å². The Bertz CT molecular complexity index is 782. The number of nitriles is 1. The van der Waals surface area contributed by atoms with E-state index in [1.165, 1.54) is 0 Å². The lowest BCUT2D eigenvalue weighted by molar-refractivity contribution is -0.143. The Morgan fingerprint density at radius 2 is 1.96 bits per heavy atom. The molecular formula is C21H25NO5. The third kappa shape index (κ3) is 2.94. The molecule has 1 saturated carbocycles. The molecule has 0 atom stereocenters. The van der Waals surface area contributed by atoms with Crippen LogP contribution in [0.4, 0.5) is 0 Å². The maximum Gasteiger partial charge on any atom is 0.306 e. The zero-order valence-electron chi connectivity index (χ0n) is 15.6. The maximum absolute atomic E-state index is 11.3. The molecule has 1 aromatic rings. The molecule has 1 aromatic carbocycles. The molecule has 1 N–H and O–H groups in total. The Morgan fingerprint density at radius 3 is 2.56 bits per heavy atom. The SMILES string of the molecule is COc1ccc(C2(C#N)CCC(C(=O)O)CC2)c2c1OC1(CCOCC1)C2. The molecule has 27 heavy (non-hydrogen) atoms. The second kappa shape index (κ2) is 6.72. The lowest BCUT2D eigenvalue weighted by Crippen LogP contribution is -2.40. The van der Waals surface area contributed by atoms with Crippen LogP contribution in [0.1, 0.15) is 49.7 Å². The number of ether oxygens (including phenoxy) is 3. The fraction of sp³-hybridized carbons (Fsp3) is 0.619. The lowest BCUT2D eigenvalue weighted by atomic mass is 9.66. The highest BCUT2D eigenvalue weighted by atomic mass is 16.5. The second-order valence-electron chi connectivity index (χ2n) is 8.00. The van der Waals surface area contributed by atoms with Gasteiger partial charge < -0.3 is 19.3 Å². The van der Waals surface area contributed by atoms with E-state index < -0.39 is 11.4 Å². The number of carboxylic acid groups (broad SMARTS) is 1. The van der Waals surface area contributed by atoms with Crippen LogP contribution < -0.4 is 9.47 Å². The number of hydrogen-bond acceptors (Lipinski definition) is 5. The van der Waals surface area contributed by atoms with Gasteiger partial charge in [0.05, 0.1) is 37.7 Å². The van der Waals surface area contributed by atoms with Gasteiger partial charge in [-0.1, -0.05) is 6.07 Å². The average Bonchev–Trinajstić information content (AvgIpc) is 3.06. The summed E-state index contributed by atoms with van der Waals surface area (Å²) in [6, 6.07) is 6.41. The maximum atomic E-state index is 11.3. The summed E-state index contributed by atoms with van der Waals surface area (Å²) in [5.74, 6) is 0.346. The van der Waals surface area contributed by atoms with Crippen LogP contribution in [0.5, 0.6) is 11.5 Å². The summed E-state index contributed by atoms with van der Waals surface area (Å²) < 4.78 is 17.5. The molecule has 0 aromatic heterocycles. The van der Waals surface area contributed by atoms with Gasteiger partial charge in [-0.3, -0.25) is 4.79 Å². The third-order valence-corrected chi connectivity index (χ3v) is 6.58. The van der Waals surface area contributed by atoms with Crippen molar-refractivity contribution in [3.05, 3.63) is 23.3 Å². The van der Waals surface area contributed by atoms with Crippen molar-refractivity contribution in [3.8, 4) is 17.6 Å². The number of aliphatic carboxylic acids is 1. The van der Waals surface area contributed by atoms with Crippen LogP contribution in [-0.4, -0.2) is 37.0 Å². The van der Waals surface area contributed by atoms with E-state index in [2.05, 4.69) is 6.07 Å². The summed E-state index contributed by atoms with van der Waals surface area (Å²) in [6.45, 7) is 1.35. The van der Waals surface area contributed by atoms with Gasteiger partial charge >= 0.3 is 5.97 Å². The Morgan fingerprint density at radius 1 is 1.26 bits per heavy atom. The molecule has 0 bridgehead atoms. The summed E-state index contributed by atoms with van der Waals surface area (Å²) in [6.07, 6.45) is 4.59. The number of rotatable bonds is 3. The second-order valence-corrected chi connectivity index (χ2v) is 8.00. The highest BCUT2D eigenvalue weighted by Gasteiger charge is 2.47. The minimum atomic E-state index is -0.758. The first kappa shape index (κ1) is 18.1. The molecule has 4 rings (SSSR count). The predicted octanol–water partition coefficient (Wildman–Crippen LogP) is 3.22. The highest BCUT2D eigenvalue weighted by molar-refractivity contribution is 5.70. The first-order chi connectivity index (χ1) is 13.0. The molecule has 1 spiro atoms. The highest BCUT2D eigenvalue weighted by Crippen LogP contribution is 2.52. The predicted molar refractivity (Wildman–Crippen MR) is 97.0 cm³/mol. The Kier molecular flexibility index (Phi) is 4.51. The van der Waals surface area contributed by atoms with Gasteiger partial charge in [-0.2, -0.15) is 5.26 Å². The van der Waals surface area contributed by atoms with Gasteiger partial charge in [0.25, 0.3) is 0 Å². The third-order valence-electron chi connectivity index (χ3n) is 6.58. The van der Waals surface area contributed by atoms with Crippen LogP contribution in [0.2, 0.25) is 0 Å². The molecule has 3 aliphatic rings. The topological polar surface area (TPSA) is 88.8 Å². The number of methoxy groups -OCH3 is 1. The first-order valence-electron chi connectivity index (χ1n) is 9.64. The summed E-state index contributed by atoms with van der Waals surface area (Å²) in [4.78, 5) is 11.3. The molecule has 1 saturated heterocycles. The van der Waals surface area contributed by atoms with Gasteiger partial charge in [0.1, 0.15) is 5.60 Å². The molecule has 144 valence electrons. The van der Waals surface area contributed by atoms with E-state index in [1.54, 1.807) is 7.11 Å². The summed E-state index contributed by atoms with van der Waals surface area (Å²) in [5.41, 5.74) is 1.13. The van der Waals surface area contributed by atoms with Crippen molar-refractivity contribution in [2.24, 2.45) is 5.92 Å². The van der Waals surface area contributed by atoms with Gasteiger partial charge in [-0.25, -0.2) is 0 Å². The Balaban J connectivity index is 1.72. The van der Waals surface area contributed by atoms with Gasteiger partial charge in [0.15, 0.2) is 11.5 Å². The number of nitrogens with zero attached hydrogens (tertiary/aromatic N) is 1. The van der Waals surface area contributed by atoms with E-state index in [1.807, 2.05) is 12.1 Å². The van der Waals surface area contributed by atoms with Gasteiger partial charge in [0, 0.05) is 24.8 Å². The standard InChI is InChI=1S/C21H25NO5/c1-25-17-3-2-16(20(13-22)6-4-14(5-7-20)19(23)24)15-12-21(27-18(15)17)8-10-26-11-9-21/h2-3,14H,4-12H2,1H3,(H,23,24). The Hall–Kier alpha value is -2.26. The largest absolute Gasteiger partial charge is 0.493 e. The molecule has 6 heteroatoms. The van der Waals surface area contributed by atoms with E-state index in [0.717, 1.165) is 36.1 Å². The fourth-order valence-corrected chi connectivity index (χ4v) is 4.90. The van der Waals surface area contributed by atoms with Gasteiger partial charge in [0.2, 0.25) is 0 Å². The molecule has 2 heterocycles. The van der Waals surface area contributed by atoms with Crippen LogP contribution in [0.3, 0.4) is 0 Å². The minimum absolute atomic E-state index is 0.279. The van der Waals surface area contributed by atoms with Crippen molar-refractivity contribution in [3.63, 3.8) is 0 Å². The van der Waals surface area contributed by atoms with Crippen LogP contribution in [0.25, 0.3) is 0 Å². The van der Waals surface area contributed by atoms with Crippen LogP contribution in [-0.2, 0) is 21.4 Å². The van der Waals surface area contributed by atoms with E-state index in [4.69, 9.17) is 14.2 Å². The molecule has 0 radical (unpaired) electrons. The summed E-state index contributed by atoms with van der Waals surface area (Å²) >= 11 is 0. The van der Waals surface area contributed by atoms with Gasteiger partial charge in [-0.05, 0) is 37.3 Å². The molecule has 6 nitrogen and oxygen atoms in total. The van der Waals surface area contributed by atoms with Gasteiger partial charge in [-0.15, -0.1) is 0 Å². The van der Waals surface area contributed by atoms with Crippen molar-refractivity contribution >= 4 is 5.97 Å². The molecule has 1 aliphatic carbocycles. The zero-order valence-corrected chi connectivity index (χ0v) is 15.6. The normalized spacial score (nSPS) is 28.8. The molecule has 2 aliphatic heterocycles. The summed E-state index contributed by atoms with van der Waals surface area (Å²) in [7, 11) is 1.63. The van der Waals surface area contributed by atoms with Crippen molar-refractivity contribution in [2.45, 2.75) is 56.0 Å². The zero-order chi connectivity index (χ0) is 19.1. The number of carbonyl (C=O) groups is 1. The van der Waals surface area contributed by atoms with Crippen LogP contribution in [0, 0.1) is 17.2 Å². The Labute approximate surface area is 159 Å². The van der Waals surface area contributed by atoms with Crippen molar-refractivity contribution in [2.75, 3.05) is 20.3 Å².